The van der Waals surface area contributed by atoms with E-state index in [-0.39, 0.29) is 53.3 Å². The maximum absolute atomic E-state index is 2.89. The van der Waals surface area contributed by atoms with Gasteiger partial charge in [-0.25, -0.2) is 0 Å². The molecule has 21 heavy (non-hydrogen) atoms. The fourth-order valence-electron chi connectivity index (χ4n) is 1.03. The predicted octanol–water partition coefficient (Wildman–Crippen LogP) is -1.91. The third kappa shape index (κ3) is 19.2. The van der Waals surface area contributed by atoms with Crippen LogP contribution >= 0.6 is 0 Å². The van der Waals surface area contributed by atoms with Crippen LogP contribution in [0.15, 0.2) is 91.0 Å². The van der Waals surface area contributed by atoms with Crippen molar-refractivity contribution >= 4 is 23.9 Å². The molecule has 0 amide bonds. The van der Waals surface area contributed by atoms with E-state index in [1.54, 1.807) is 0 Å². The molecule has 3 heteroatoms. The summed E-state index contributed by atoms with van der Waals surface area (Å²) in [5.74, 6) is 0. The molecule has 0 aromatic heterocycles. The third-order valence-corrected chi connectivity index (χ3v) is 1.82. The van der Waals surface area contributed by atoms with E-state index in [1.807, 2.05) is 91.0 Å². The van der Waals surface area contributed by atoms with E-state index >= 15 is 0 Å². The van der Waals surface area contributed by atoms with Crippen LogP contribution in [-0.4, -0.2) is 23.9 Å². The zero-order valence-electron chi connectivity index (χ0n) is 11.4. The number of benzene rings is 3. The van der Waals surface area contributed by atoms with E-state index in [2.05, 4.69) is 18.2 Å². The fourth-order valence-corrected chi connectivity index (χ4v) is 1.03. The van der Waals surface area contributed by atoms with Crippen LogP contribution in [0.25, 0.3) is 0 Å². The summed E-state index contributed by atoms with van der Waals surface area (Å²) in [6.07, 6.45) is 0. The van der Waals surface area contributed by atoms with Crippen molar-refractivity contribution in [3.63, 3.8) is 0 Å². The molecule has 3 aromatic rings. The van der Waals surface area contributed by atoms with Crippen LogP contribution < -0.4 is 29.4 Å². The molecule has 106 valence electrons. The van der Waals surface area contributed by atoms with Crippen molar-refractivity contribution in [1.82, 2.24) is 0 Å². The Hall–Kier alpha value is -0.771. The molecule has 0 nitrogen and oxygen atoms in total. The normalized spacial score (nSPS) is 6.86. The molecule has 0 aliphatic heterocycles. The number of hydrogen-bond donors (Lipinski definition) is 0. The van der Waals surface area contributed by atoms with E-state index in [0.717, 1.165) is 0 Å². The zero-order valence-corrected chi connectivity index (χ0v) is 16.6. The molecule has 0 heterocycles. The van der Waals surface area contributed by atoms with Gasteiger partial charge in [0.1, 0.15) is 0 Å². The Balaban J connectivity index is -0.000000216. The van der Waals surface area contributed by atoms with Crippen molar-refractivity contribution < 1.29 is 29.4 Å². The van der Waals surface area contributed by atoms with Gasteiger partial charge in [0.15, 0.2) is 0 Å². The first-order valence-corrected chi connectivity index (χ1v) is 5.73. The Morgan fingerprint density at radius 3 is 0.619 bits per heavy atom. The van der Waals surface area contributed by atoms with Crippen LogP contribution in [-0.2, 0) is 0 Å². The maximum Gasteiger partial charge on any atom is 4.00 e. The summed E-state index contributed by atoms with van der Waals surface area (Å²) in [5, 5.41) is 0. The maximum atomic E-state index is 2.89. The average molecular weight is 465 g/mol. The second kappa shape index (κ2) is 21.5. The van der Waals surface area contributed by atoms with Crippen molar-refractivity contribution in [3.05, 3.63) is 109 Å². The van der Waals surface area contributed by atoms with Gasteiger partial charge in [0.25, 0.3) is 0 Å². The first-order chi connectivity index (χ1) is 9.00. The third-order valence-electron chi connectivity index (χ3n) is 1.82. The van der Waals surface area contributed by atoms with Gasteiger partial charge in [-0.3, -0.25) is 0 Å². The van der Waals surface area contributed by atoms with E-state index in [1.165, 1.54) is 0 Å². The summed E-state index contributed by atoms with van der Waals surface area (Å²) >= 11 is 0. The van der Waals surface area contributed by atoms with Gasteiger partial charge in [-0.1, -0.05) is 0 Å². The van der Waals surface area contributed by atoms with Crippen LogP contribution in [0.3, 0.4) is 0 Å². The SMILES string of the molecule is [Br-].[Cl-].[Sn+4].[c-]1ccccc1.[c-]1ccccc1.[c-]1ccccc1. The van der Waals surface area contributed by atoms with Crippen molar-refractivity contribution in [1.29, 1.82) is 0 Å². The Kier molecular flexibility index (Phi) is 25.8. The molecule has 0 saturated heterocycles. The van der Waals surface area contributed by atoms with Gasteiger partial charge in [0.2, 0.25) is 0 Å². The largest absolute Gasteiger partial charge is 4.00 e. The first-order valence-electron chi connectivity index (χ1n) is 5.73. The second-order valence-corrected chi connectivity index (χ2v) is 3.23. The smallest absolute Gasteiger partial charge is 1.00 e. The van der Waals surface area contributed by atoms with E-state index in [9.17, 15) is 0 Å². The van der Waals surface area contributed by atoms with E-state index < -0.39 is 0 Å². The fraction of sp³-hybridized carbons (Fsp3) is 0. The van der Waals surface area contributed by atoms with Crippen molar-refractivity contribution in [2.75, 3.05) is 0 Å². The van der Waals surface area contributed by atoms with Crippen LogP contribution in [0, 0.1) is 18.2 Å². The number of hydrogen-bond acceptors (Lipinski definition) is 0. The van der Waals surface area contributed by atoms with Gasteiger partial charge in [-0.2, -0.15) is 109 Å². The molecule has 0 fully saturated rings. The predicted molar refractivity (Wildman–Crippen MR) is 81.6 cm³/mol. The minimum absolute atomic E-state index is 0. The van der Waals surface area contributed by atoms with Crippen LogP contribution in [0.4, 0.5) is 0 Å². The van der Waals surface area contributed by atoms with Gasteiger partial charge in [0.05, 0.1) is 0 Å². The molecule has 0 radical (unpaired) electrons. The van der Waals surface area contributed by atoms with Crippen molar-refractivity contribution in [2.24, 2.45) is 0 Å². The second-order valence-electron chi connectivity index (χ2n) is 3.23. The van der Waals surface area contributed by atoms with Gasteiger partial charge in [0, 0.05) is 0 Å². The van der Waals surface area contributed by atoms with Gasteiger partial charge in [-0.05, 0) is 0 Å². The van der Waals surface area contributed by atoms with Crippen molar-refractivity contribution in [3.8, 4) is 0 Å². The molecule has 3 aromatic carbocycles. The number of rotatable bonds is 0. The van der Waals surface area contributed by atoms with E-state index in [0.29, 0.717) is 0 Å². The topological polar surface area (TPSA) is 0 Å². The molecule has 0 N–H and O–H groups in total. The summed E-state index contributed by atoms with van der Waals surface area (Å²) in [4.78, 5) is 0. The molecule has 0 spiro atoms. The Morgan fingerprint density at radius 1 is 0.381 bits per heavy atom. The molecule has 0 unspecified atom stereocenters. The first kappa shape index (κ1) is 25.2. The van der Waals surface area contributed by atoms with E-state index in [4.69, 9.17) is 0 Å². The molecule has 0 bridgehead atoms. The summed E-state index contributed by atoms with van der Waals surface area (Å²) in [6.45, 7) is 0. The summed E-state index contributed by atoms with van der Waals surface area (Å²) in [5.41, 5.74) is 0. The Bertz CT molecular complexity index is 308. The molecular formula is C18H15BrClSn-. The zero-order chi connectivity index (χ0) is 12.7. The molecular weight excluding hydrogens is 450 g/mol. The summed E-state index contributed by atoms with van der Waals surface area (Å²) < 4.78 is 0. The summed E-state index contributed by atoms with van der Waals surface area (Å²) in [6, 6.07) is 37.5. The Morgan fingerprint density at radius 2 is 0.571 bits per heavy atom. The van der Waals surface area contributed by atoms with Gasteiger partial charge in [-0.15, -0.1) is 0 Å². The molecule has 0 aliphatic rings. The van der Waals surface area contributed by atoms with Crippen molar-refractivity contribution in [2.45, 2.75) is 0 Å². The summed E-state index contributed by atoms with van der Waals surface area (Å²) in [7, 11) is 0. The average Bonchev–Trinajstić information content (AvgIpc) is 2.54. The minimum atomic E-state index is 0. The Labute approximate surface area is 161 Å². The standard InChI is InChI=1S/3C6H5.BrH.ClH.Sn/c3*1-2-4-6-5-3-1;;;/h3*1-5H;2*1H;/q3*-1;;;+4/p-2. The van der Waals surface area contributed by atoms with Crippen LogP contribution in [0.2, 0.25) is 0 Å². The van der Waals surface area contributed by atoms with Crippen LogP contribution in [0.1, 0.15) is 0 Å². The molecule has 0 aliphatic carbocycles. The van der Waals surface area contributed by atoms with Gasteiger partial charge >= 0.3 is 23.9 Å². The van der Waals surface area contributed by atoms with Gasteiger partial charge < -0.3 is 29.4 Å². The van der Waals surface area contributed by atoms with Crippen LogP contribution in [0.5, 0.6) is 0 Å². The minimum Gasteiger partial charge on any atom is -1.00 e. The molecule has 0 atom stereocenters. The molecule has 0 saturated carbocycles. The molecule has 3 rings (SSSR count). The monoisotopic (exact) mass is 465 g/mol. The quantitative estimate of drug-likeness (QED) is 0.269. The number of halogens is 2.